The predicted molar refractivity (Wildman–Crippen MR) is 98.4 cm³/mol. The van der Waals surface area contributed by atoms with Crippen molar-refractivity contribution in [3.63, 3.8) is 0 Å². The molecule has 0 saturated carbocycles. The maximum absolute atomic E-state index is 12.4. The van der Waals surface area contributed by atoms with Crippen LogP contribution < -0.4 is 14.8 Å². The molecular weight excluding hydrogens is 330 g/mol. The van der Waals surface area contributed by atoms with Gasteiger partial charge in [0.05, 0.1) is 30.8 Å². The minimum atomic E-state index is -0.0344. The number of hydrogen-bond donors (Lipinski definition) is 2. The molecule has 1 amide bonds. The van der Waals surface area contributed by atoms with E-state index >= 15 is 0 Å². The lowest BCUT2D eigenvalue weighted by Gasteiger charge is -2.27. The number of ether oxygens (including phenoxy) is 2. The molecule has 0 spiro atoms. The number of para-hydroxylation sites is 2. The van der Waals surface area contributed by atoms with Crippen LogP contribution in [0, 0.1) is 0 Å². The predicted octanol–water partition coefficient (Wildman–Crippen LogP) is 3.14. The molecule has 1 unspecified atom stereocenters. The number of hydrogen-bond acceptors (Lipinski definition) is 4. The average Bonchev–Trinajstić information content (AvgIpc) is 3.09. The minimum absolute atomic E-state index is 0.0131. The fourth-order valence-corrected chi connectivity index (χ4v) is 3.27. The lowest BCUT2D eigenvalue weighted by atomic mass is 10.00. The maximum Gasteiger partial charge on any atom is 0.220 e. The Hall–Kier alpha value is -3.02. The molecule has 1 aromatic heterocycles. The number of fused-ring (bicyclic) bond motifs is 2. The quantitative estimate of drug-likeness (QED) is 0.740. The number of carbonyl (C=O) groups excluding carboxylic acids is 1. The number of carbonyl (C=O) groups is 1. The molecular formula is C20H21N3O3. The van der Waals surface area contributed by atoms with Gasteiger partial charge in [0.1, 0.15) is 17.3 Å². The van der Waals surface area contributed by atoms with E-state index in [-0.39, 0.29) is 11.9 Å². The van der Waals surface area contributed by atoms with Crippen LogP contribution in [0.25, 0.3) is 11.0 Å². The average molecular weight is 351 g/mol. The summed E-state index contributed by atoms with van der Waals surface area (Å²) in [6, 6.07) is 13.5. The van der Waals surface area contributed by atoms with E-state index in [0.717, 1.165) is 40.3 Å². The van der Waals surface area contributed by atoms with E-state index in [1.54, 1.807) is 7.11 Å². The summed E-state index contributed by atoms with van der Waals surface area (Å²) in [5.74, 6) is 2.37. The molecule has 0 fully saturated rings. The van der Waals surface area contributed by atoms with E-state index in [1.807, 2.05) is 42.5 Å². The number of aromatic amines is 1. The van der Waals surface area contributed by atoms with Crippen molar-refractivity contribution in [1.82, 2.24) is 15.3 Å². The largest absolute Gasteiger partial charge is 0.497 e. The zero-order chi connectivity index (χ0) is 17.9. The number of benzene rings is 2. The molecule has 0 bridgehead atoms. The van der Waals surface area contributed by atoms with Crippen LogP contribution >= 0.6 is 0 Å². The Morgan fingerprint density at radius 1 is 1.35 bits per heavy atom. The third-order valence-electron chi connectivity index (χ3n) is 4.62. The molecule has 1 atom stereocenters. The first-order valence-corrected chi connectivity index (χ1v) is 8.76. The Morgan fingerprint density at radius 3 is 3.08 bits per heavy atom. The third kappa shape index (κ3) is 3.35. The van der Waals surface area contributed by atoms with Crippen LogP contribution in [-0.4, -0.2) is 29.6 Å². The van der Waals surface area contributed by atoms with E-state index < -0.39 is 0 Å². The number of H-pyrrole nitrogens is 1. The molecule has 2 aromatic carbocycles. The monoisotopic (exact) mass is 351 g/mol. The Balaban J connectivity index is 1.39. The van der Waals surface area contributed by atoms with Gasteiger partial charge in [-0.15, -0.1) is 0 Å². The molecule has 4 rings (SSSR count). The summed E-state index contributed by atoms with van der Waals surface area (Å²) in [5.41, 5.74) is 2.92. The van der Waals surface area contributed by atoms with Gasteiger partial charge in [0.15, 0.2) is 0 Å². The van der Waals surface area contributed by atoms with Crippen molar-refractivity contribution in [2.24, 2.45) is 0 Å². The third-order valence-corrected chi connectivity index (χ3v) is 4.62. The first-order valence-electron chi connectivity index (χ1n) is 8.76. The minimum Gasteiger partial charge on any atom is -0.497 e. The summed E-state index contributed by atoms with van der Waals surface area (Å²) in [4.78, 5) is 20.2. The lowest BCUT2D eigenvalue weighted by Crippen LogP contribution is -2.32. The molecule has 2 heterocycles. The van der Waals surface area contributed by atoms with Crippen LogP contribution in [0.3, 0.4) is 0 Å². The number of aryl methyl sites for hydroxylation is 1. The Bertz CT molecular complexity index is 902. The number of rotatable bonds is 5. The van der Waals surface area contributed by atoms with Gasteiger partial charge >= 0.3 is 0 Å². The summed E-state index contributed by atoms with van der Waals surface area (Å²) in [6.07, 6.45) is 1.73. The van der Waals surface area contributed by atoms with E-state index in [4.69, 9.17) is 9.47 Å². The highest BCUT2D eigenvalue weighted by Crippen LogP contribution is 2.34. The Morgan fingerprint density at radius 2 is 2.23 bits per heavy atom. The summed E-state index contributed by atoms with van der Waals surface area (Å²) >= 11 is 0. The zero-order valence-corrected chi connectivity index (χ0v) is 14.6. The van der Waals surface area contributed by atoms with Gasteiger partial charge in [-0.05, 0) is 24.3 Å². The number of nitrogens with one attached hydrogen (secondary N) is 2. The Kier molecular flexibility index (Phi) is 4.48. The van der Waals surface area contributed by atoms with E-state index in [9.17, 15) is 4.79 Å². The molecule has 2 N–H and O–H groups in total. The SMILES string of the molecule is COc1ccc2c(c1)OCCC2NC(=O)CCc1nc2ccccc2[nH]1. The second-order valence-corrected chi connectivity index (χ2v) is 6.36. The number of methoxy groups -OCH3 is 1. The van der Waals surface area contributed by atoms with Gasteiger partial charge in [-0.3, -0.25) is 4.79 Å². The molecule has 3 aromatic rings. The van der Waals surface area contributed by atoms with Gasteiger partial charge in [0.2, 0.25) is 5.91 Å². The van der Waals surface area contributed by atoms with Crippen molar-refractivity contribution in [2.75, 3.05) is 13.7 Å². The van der Waals surface area contributed by atoms with Gasteiger partial charge in [0.25, 0.3) is 0 Å². The molecule has 1 aliphatic rings. The lowest BCUT2D eigenvalue weighted by molar-refractivity contribution is -0.122. The summed E-state index contributed by atoms with van der Waals surface area (Å²) in [7, 11) is 1.63. The van der Waals surface area contributed by atoms with Gasteiger partial charge in [-0.25, -0.2) is 4.98 Å². The van der Waals surface area contributed by atoms with Crippen LogP contribution in [0.2, 0.25) is 0 Å². The fraction of sp³-hybridized carbons (Fsp3) is 0.300. The smallest absolute Gasteiger partial charge is 0.220 e. The fourth-order valence-electron chi connectivity index (χ4n) is 3.27. The second-order valence-electron chi connectivity index (χ2n) is 6.36. The van der Waals surface area contributed by atoms with Crippen LogP contribution in [-0.2, 0) is 11.2 Å². The van der Waals surface area contributed by atoms with Crippen molar-refractivity contribution < 1.29 is 14.3 Å². The standard InChI is InChI=1S/C20H21N3O3/c1-25-13-6-7-14-15(10-11-26-18(14)12-13)23-20(24)9-8-19-21-16-4-2-3-5-17(16)22-19/h2-7,12,15H,8-11H2,1H3,(H,21,22)(H,23,24). The van der Waals surface area contributed by atoms with Crippen molar-refractivity contribution in [2.45, 2.75) is 25.3 Å². The van der Waals surface area contributed by atoms with Gasteiger partial charge in [0, 0.05) is 30.9 Å². The second kappa shape index (κ2) is 7.07. The van der Waals surface area contributed by atoms with E-state index in [2.05, 4.69) is 15.3 Å². The van der Waals surface area contributed by atoms with E-state index in [0.29, 0.717) is 19.4 Å². The van der Waals surface area contributed by atoms with Crippen molar-refractivity contribution in [3.8, 4) is 11.5 Å². The maximum atomic E-state index is 12.4. The summed E-state index contributed by atoms with van der Waals surface area (Å²) < 4.78 is 10.9. The normalized spacial score (nSPS) is 16.0. The Labute approximate surface area is 151 Å². The van der Waals surface area contributed by atoms with Gasteiger partial charge in [-0.2, -0.15) is 0 Å². The number of nitrogens with zero attached hydrogens (tertiary/aromatic N) is 1. The van der Waals surface area contributed by atoms with Crippen molar-refractivity contribution >= 4 is 16.9 Å². The zero-order valence-electron chi connectivity index (χ0n) is 14.6. The molecule has 0 aliphatic carbocycles. The van der Waals surface area contributed by atoms with Crippen LogP contribution in [0.4, 0.5) is 0 Å². The first-order chi connectivity index (χ1) is 12.7. The van der Waals surface area contributed by atoms with Crippen molar-refractivity contribution in [1.29, 1.82) is 0 Å². The molecule has 6 heteroatoms. The molecule has 6 nitrogen and oxygen atoms in total. The summed E-state index contributed by atoms with van der Waals surface area (Å²) in [6.45, 7) is 0.578. The van der Waals surface area contributed by atoms with Gasteiger partial charge < -0.3 is 19.8 Å². The van der Waals surface area contributed by atoms with Crippen LogP contribution in [0.1, 0.15) is 30.3 Å². The van der Waals surface area contributed by atoms with Crippen LogP contribution in [0.15, 0.2) is 42.5 Å². The van der Waals surface area contributed by atoms with Gasteiger partial charge in [-0.1, -0.05) is 12.1 Å². The van der Waals surface area contributed by atoms with E-state index in [1.165, 1.54) is 0 Å². The topological polar surface area (TPSA) is 76.2 Å². The summed E-state index contributed by atoms with van der Waals surface area (Å²) in [5, 5.41) is 3.12. The number of imidazole rings is 1. The molecule has 26 heavy (non-hydrogen) atoms. The highest BCUT2D eigenvalue weighted by atomic mass is 16.5. The number of aromatic nitrogens is 2. The molecule has 134 valence electrons. The van der Waals surface area contributed by atoms with Crippen LogP contribution in [0.5, 0.6) is 11.5 Å². The highest BCUT2D eigenvalue weighted by Gasteiger charge is 2.23. The molecule has 1 aliphatic heterocycles. The molecule has 0 radical (unpaired) electrons. The molecule has 0 saturated heterocycles. The first kappa shape index (κ1) is 16.4. The number of amides is 1. The highest BCUT2D eigenvalue weighted by molar-refractivity contribution is 5.77. The van der Waals surface area contributed by atoms with Crippen molar-refractivity contribution in [3.05, 3.63) is 53.9 Å².